The van der Waals surface area contributed by atoms with Crippen molar-refractivity contribution in [2.75, 3.05) is 13.2 Å². The summed E-state index contributed by atoms with van der Waals surface area (Å²) in [6.45, 7) is 0.652. The van der Waals surface area contributed by atoms with Crippen LogP contribution in [0.1, 0.15) is 64.2 Å². The van der Waals surface area contributed by atoms with E-state index in [1.165, 1.54) is 12.8 Å². The molecule has 0 radical (unpaired) electrons. The number of rotatable bonds is 13. The first kappa shape index (κ1) is 17.4. The first-order valence-electron chi connectivity index (χ1n) is 7.43. The zero-order valence-corrected chi connectivity index (χ0v) is 11.7. The first-order chi connectivity index (χ1) is 8.91. The second kappa shape index (κ2) is 16.4. The summed E-state index contributed by atoms with van der Waals surface area (Å²) < 4.78 is 0. The van der Waals surface area contributed by atoms with E-state index in [4.69, 9.17) is 10.2 Å². The molecular formula is C16H30O2. The van der Waals surface area contributed by atoms with E-state index in [2.05, 4.69) is 24.3 Å². The van der Waals surface area contributed by atoms with Crippen LogP contribution in [0.15, 0.2) is 24.3 Å². The fourth-order valence-electron chi connectivity index (χ4n) is 1.77. The third-order valence-electron chi connectivity index (χ3n) is 2.89. The van der Waals surface area contributed by atoms with Crippen molar-refractivity contribution in [3.8, 4) is 0 Å². The predicted octanol–water partition coefficient (Wildman–Crippen LogP) is 3.98. The first-order valence-corrected chi connectivity index (χ1v) is 7.43. The highest BCUT2D eigenvalue weighted by Gasteiger charge is 1.86. The molecule has 0 fully saturated rings. The maximum absolute atomic E-state index is 8.62. The third-order valence-corrected chi connectivity index (χ3v) is 2.89. The summed E-state index contributed by atoms with van der Waals surface area (Å²) in [4.78, 5) is 0. The fourth-order valence-corrected chi connectivity index (χ4v) is 1.77. The highest BCUT2D eigenvalue weighted by Crippen LogP contribution is 2.03. The SMILES string of the molecule is OCCCCC/C=C\CC/C=C\CCCCCO. The average Bonchev–Trinajstić information content (AvgIpc) is 2.39. The number of allylic oxidation sites excluding steroid dienone is 4. The highest BCUT2D eigenvalue weighted by molar-refractivity contribution is 4.88. The summed E-state index contributed by atoms with van der Waals surface area (Å²) in [6.07, 6.45) is 20.1. The van der Waals surface area contributed by atoms with E-state index in [1.54, 1.807) is 0 Å². The van der Waals surface area contributed by atoms with Crippen LogP contribution in [0.3, 0.4) is 0 Å². The maximum atomic E-state index is 8.62. The van der Waals surface area contributed by atoms with Gasteiger partial charge >= 0.3 is 0 Å². The molecule has 0 aliphatic heterocycles. The van der Waals surface area contributed by atoms with E-state index < -0.39 is 0 Å². The van der Waals surface area contributed by atoms with E-state index >= 15 is 0 Å². The molecule has 0 amide bonds. The monoisotopic (exact) mass is 254 g/mol. The van der Waals surface area contributed by atoms with Gasteiger partial charge in [0.2, 0.25) is 0 Å². The van der Waals surface area contributed by atoms with Crippen LogP contribution >= 0.6 is 0 Å². The van der Waals surface area contributed by atoms with Gasteiger partial charge in [-0.25, -0.2) is 0 Å². The molecule has 0 atom stereocenters. The van der Waals surface area contributed by atoms with Crippen LogP contribution in [0.4, 0.5) is 0 Å². The Morgan fingerprint density at radius 2 is 0.833 bits per heavy atom. The van der Waals surface area contributed by atoms with Crippen LogP contribution in [-0.4, -0.2) is 23.4 Å². The Labute approximate surface area is 112 Å². The molecule has 2 heteroatoms. The number of hydrogen-bond donors (Lipinski definition) is 2. The minimum absolute atomic E-state index is 0.326. The zero-order valence-electron chi connectivity index (χ0n) is 11.7. The van der Waals surface area contributed by atoms with Crippen LogP contribution in [0, 0.1) is 0 Å². The number of hydrogen-bond acceptors (Lipinski definition) is 2. The van der Waals surface area contributed by atoms with Crippen molar-refractivity contribution in [2.24, 2.45) is 0 Å². The van der Waals surface area contributed by atoms with Gasteiger partial charge in [0.25, 0.3) is 0 Å². The standard InChI is InChI=1S/C16H30O2/c17-15-13-11-9-7-5-3-1-2-4-6-8-10-12-14-16-18/h3-6,17-18H,1-2,7-16H2/b5-3-,6-4-. The van der Waals surface area contributed by atoms with Crippen LogP contribution < -0.4 is 0 Å². The molecule has 0 spiro atoms. The Balaban J connectivity index is 3.13. The van der Waals surface area contributed by atoms with Crippen LogP contribution in [0.5, 0.6) is 0 Å². The second-order valence-electron chi connectivity index (χ2n) is 4.67. The Bertz CT molecular complexity index is 175. The molecule has 0 saturated carbocycles. The van der Waals surface area contributed by atoms with Gasteiger partial charge in [0, 0.05) is 13.2 Å². The molecule has 0 saturated heterocycles. The highest BCUT2D eigenvalue weighted by atomic mass is 16.3. The number of aliphatic hydroxyl groups excluding tert-OH is 2. The van der Waals surface area contributed by atoms with Crippen LogP contribution in [0.2, 0.25) is 0 Å². The van der Waals surface area contributed by atoms with Crippen molar-refractivity contribution in [2.45, 2.75) is 64.2 Å². The van der Waals surface area contributed by atoms with Gasteiger partial charge in [0.15, 0.2) is 0 Å². The minimum Gasteiger partial charge on any atom is -0.396 e. The van der Waals surface area contributed by atoms with E-state index in [0.717, 1.165) is 51.4 Å². The molecule has 106 valence electrons. The molecule has 0 rings (SSSR count). The molecular weight excluding hydrogens is 224 g/mol. The summed E-state index contributed by atoms with van der Waals surface area (Å²) in [6, 6.07) is 0. The van der Waals surface area contributed by atoms with E-state index in [1.807, 2.05) is 0 Å². The van der Waals surface area contributed by atoms with Crippen molar-refractivity contribution >= 4 is 0 Å². The molecule has 0 heterocycles. The third kappa shape index (κ3) is 15.4. The maximum Gasteiger partial charge on any atom is 0.0431 e. The Hall–Kier alpha value is -0.600. The lowest BCUT2D eigenvalue weighted by molar-refractivity contribution is 0.283. The molecule has 2 N–H and O–H groups in total. The van der Waals surface area contributed by atoms with Crippen molar-refractivity contribution in [3.63, 3.8) is 0 Å². The van der Waals surface area contributed by atoms with Crippen molar-refractivity contribution < 1.29 is 10.2 Å². The van der Waals surface area contributed by atoms with Gasteiger partial charge in [0.05, 0.1) is 0 Å². The molecule has 0 unspecified atom stereocenters. The molecule has 0 aromatic rings. The molecule has 0 aromatic heterocycles. The molecule has 0 aliphatic carbocycles. The van der Waals surface area contributed by atoms with Gasteiger partial charge in [0.1, 0.15) is 0 Å². The van der Waals surface area contributed by atoms with Crippen molar-refractivity contribution in [1.82, 2.24) is 0 Å². The Kier molecular flexibility index (Phi) is 15.9. The summed E-state index contributed by atoms with van der Waals surface area (Å²) in [5.41, 5.74) is 0. The number of unbranched alkanes of at least 4 members (excludes halogenated alkanes) is 7. The summed E-state index contributed by atoms with van der Waals surface area (Å²) >= 11 is 0. The quantitative estimate of drug-likeness (QED) is 0.385. The Morgan fingerprint density at radius 1 is 0.444 bits per heavy atom. The van der Waals surface area contributed by atoms with Gasteiger partial charge in [-0.05, 0) is 51.4 Å². The second-order valence-corrected chi connectivity index (χ2v) is 4.67. The lowest BCUT2D eigenvalue weighted by Crippen LogP contribution is -1.81. The summed E-state index contributed by atoms with van der Waals surface area (Å²) in [5, 5.41) is 17.2. The van der Waals surface area contributed by atoms with E-state index in [-0.39, 0.29) is 0 Å². The molecule has 0 bridgehead atoms. The van der Waals surface area contributed by atoms with Gasteiger partial charge in [-0.15, -0.1) is 0 Å². The summed E-state index contributed by atoms with van der Waals surface area (Å²) in [7, 11) is 0. The smallest absolute Gasteiger partial charge is 0.0431 e. The van der Waals surface area contributed by atoms with Crippen molar-refractivity contribution in [1.29, 1.82) is 0 Å². The normalized spacial score (nSPS) is 11.9. The van der Waals surface area contributed by atoms with Crippen LogP contribution in [0.25, 0.3) is 0 Å². The predicted molar refractivity (Wildman–Crippen MR) is 78.6 cm³/mol. The molecule has 2 nitrogen and oxygen atoms in total. The van der Waals surface area contributed by atoms with E-state index in [0.29, 0.717) is 13.2 Å². The van der Waals surface area contributed by atoms with E-state index in [9.17, 15) is 0 Å². The lowest BCUT2D eigenvalue weighted by atomic mass is 10.1. The lowest BCUT2D eigenvalue weighted by Gasteiger charge is -1.94. The van der Waals surface area contributed by atoms with Gasteiger partial charge in [-0.3, -0.25) is 0 Å². The summed E-state index contributed by atoms with van der Waals surface area (Å²) in [5.74, 6) is 0. The Morgan fingerprint density at radius 3 is 1.22 bits per heavy atom. The van der Waals surface area contributed by atoms with Gasteiger partial charge in [-0.1, -0.05) is 37.1 Å². The number of aliphatic hydroxyl groups is 2. The zero-order chi connectivity index (χ0) is 13.3. The molecule has 0 aromatic carbocycles. The molecule has 18 heavy (non-hydrogen) atoms. The minimum atomic E-state index is 0.326. The topological polar surface area (TPSA) is 40.5 Å². The van der Waals surface area contributed by atoms with Crippen molar-refractivity contribution in [3.05, 3.63) is 24.3 Å². The van der Waals surface area contributed by atoms with Gasteiger partial charge < -0.3 is 10.2 Å². The largest absolute Gasteiger partial charge is 0.396 e. The van der Waals surface area contributed by atoms with Crippen LogP contribution in [-0.2, 0) is 0 Å². The average molecular weight is 254 g/mol. The van der Waals surface area contributed by atoms with Gasteiger partial charge in [-0.2, -0.15) is 0 Å². The molecule has 0 aliphatic rings. The fraction of sp³-hybridized carbons (Fsp3) is 0.750.